The number of ether oxygens (including phenoxy) is 2. The Hall–Kier alpha value is -2.12. The van der Waals surface area contributed by atoms with Gasteiger partial charge >= 0.3 is 12.1 Å². The molecule has 1 aromatic rings. The summed E-state index contributed by atoms with van der Waals surface area (Å²) in [6.45, 7) is 11.4. The van der Waals surface area contributed by atoms with Gasteiger partial charge in [-0.3, -0.25) is 0 Å². The second-order valence-electron chi connectivity index (χ2n) is 8.53. The number of alkyl halides is 3. The Labute approximate surface area is 196 Å². The summed E-state index contributed by atoms with van der Waals surface area (Å²) >= 11 is 0. The van der Waals surface area contributed by atoms with Crippen molar-refractivity contribution < 1.29 is 32.5 Å². The number of carbonyl (C=O) groups is 1. The van der Waals surface area contributed by atoms with E-state index in [4.69, 9.17) is 9.84 Å². The predicted molar refractivity (Wildman–Crippen MR) is 126 cm³/mol. The number of aliphatic hydroxyl groups is 1. The summed E-state index contributed by atoms with van der Waals surface area (Å²) in [6.07, 6.45) is 1.26. The summed E-state index contributed by atoms with van der Waals surface area (Å²) in [4.78, 5) is 12.4. The van der Waals surface area contributed by atoms with Crippen molar-refractivity contribution in [1.82, 2.24) is 0 Å². The van der Waals surface area contributed by atoms with E-state index >= 15 is 0 Å². The average molecular weight is 473 g/mol. The Kier molecular flexibility index (Phi) is 14.0. The number of benzene rings is 1. The molecule has 4 nitrogen and oxygen atoms in total. The van der Waals surface area contributed by atoms with Crippen LogP contribution in [0.4, 0.5) is 13.2 Å². The Morgan fingerprint density at radius 1 is 0.970 bits per heavy atom. The standard InChI is InChI=1S/C18H23F3O3.C8H16O/c1-13(2)9-8-10-14(3)24-16(22)17(23-4,18(19,20)21)15-11-6-5-7-12-15;1-7(2)5-4-6-8(3)9/h5-7,9,11-12,14H,8,10H2,1-4H3;5,8-9H,4,6H2,1-3H3/t14-,17+;8-/m00/s1. The maximum atomic E-state index is 13.7. The SMILES string of the molecule is CC(C)=CCC[C@H](C)O.CO[C@@](C(=O)O[C@@H](C)CCC=C(C)C)(c1ccccc1)C(F)(F)F. The second-order valence-corrected chi connectivity index (χ2v) is 8.53. The van der Waals surface area contributed by atoms with Gasteiger partial charge in [0.15, 0.2) is 0 Å². The highest BCUT2D eigenvalue weighted by Crippen LogP contribution is 2.43. The quantitative estimate of drug-likeness (QED) is 0.298. The molecule has 33 heavy (non-hydrogen) atoms. The zero-order chi connectivity index (χ0) is 25.7. The van der Waals surface area contributed by atoms with E-state index in [1.165, 1.54) is 29.8 Å². The molecule has 0 heterocycles. The Balaban J connectivity index is 0.000000960. The lowest BCUT2D eigenvalue weighted by Gasteiger charge is -2.33. The molecule has 1 rings (SSSR count). The van der Waals surface area contributed by atoms with Crippen LogP contribution in [0.5, 0.6) is 0 Å². The minimum Gasteiger partial charge on any atom is -0.460 e. The van der Waals surface area contributed by atoms with Gasteiger partial charge in [0.2, 0.25) is 0 Å². The minimum absolute atomic E-state index is 0.152. The van der Waals surface area contributed by atoms with E-state index in [9.17, 15) is 18.0 Å². The van der Waals surface area contributed by atoms with E-state index in [1.807, 2.05) is 26.8 Å². The Morgan fingerprint density at radius 2 is 1.45 bits per heavy atom. The Morgan fingerprint density at radius 3 is 1.85 bits per heavy atom. The summed E-state index contributed by atoms with van der Waals surface area (Å²) in [5.74, 6) is -1.45. The first-order valence-electron chi connectivity index (χ1n) is 11.1. The normalized spacial score (nSPS) is 14.6. The third-order valence-corrected chi connectivity index (χ3v) is 4.74. The fraction of sp³-hybridized carbons (Fsp3) is 0.577. The summed E-state index contributed by atoms with van der Waals surface area (Å²) in [5.41, 5.74) is -1.00. The third kappa shape index (κ3) is 11.0. The first-order chi connectivity index (χ1) is 15.3. The van der Waals surface area contributed by atoms with Crippen molar-refractivity contribution in [2.45, 2.75) is 91.2 Å². The van der Waals surface area contributed by atoms with E-state index in [1.54, 1.807) is 13.0 Å². The van der Waals surface area contributed by atoms with E-state index in [-0.39, 0.29) is 11.7 Å². The largest absolute Gasteiger partial charge is 0.460 e. The number of rotatable bonds is 10. The molecular weight excluding hydrogens is 433 g/mol. The summed E-state index contributed by atoms with van der Waals surface area (Å²) < 4.78 is 50.8. The number of hydrogen-bond acceptors (Lipinski definition) is 4. The number of methoxy groups -OCH3 is 1. The molecule has 3 atom stereocenters. The molecule has 1 N–H and O–H groups in total. The van der Waals surface area contributed by atoms with Crippen LogP contribution < -0.4 is 0 Å². The zero-order valence-electron chi connectivity index (χ0n) is 20.8. The molecule has 0 saturated carbocycles. The van der Waals surface area contributed by atoms with Crippen molar-refractivity contribution in [3.05, 3.63) is 59.2 Å². The third-order valence-electron chi connectivity index (χ3n) is 4.74. The smallest absolute Gasteiger partial charge is 0.432 e. The molecule has 0 saturated heterocycles. The topological polar surface area (TPSA) is 55.8 Å². The van der Waals surface area contributed by atoms with Gasteiger partial charge in [0.25, 0.3) is 5.60 Å². The molecule has 0 aliphatic rings. The Bertz CT molecular complexity index is 747. The van der Waals surface area contributed by atoms with Gasteiger partial charge in [-0.15, -0.1) is 0 Å². The maximum Gasteiger partial charge on any atom is 0.432 e. The number of aliphatic hydroxyl groups excluding tert-OH is 1. The molecule has 0 unspecified atom stereocenters. The van der Waals surface area contributed by atoms with Gasteiger partial charge in [-0.25, -0.2) is 4.79 Å². The van der Waals surface area contributed by atoms with Gasteiger partial charge in [0.05, 0.1) is 12.2 Å². The fourth-order valence-corrected chi connectivity index (χ4v) is 2.93. The van der Waals surface area contributed by atoms with Crippen molar-refractivity contribution in [3.63, 3.8) is 0 Å². The molecule has 0 aromatic heterocycles. The predicted octanol–water partition coefficient (Wildman–Crippen LogP) is 6.88. The van der Waals surface area contributed by atoms with E-state index in [0.29, 0.717) is 12.8 Å². The number of carbonyl (C=O) groups excluding carboxylic acids is 1. The number of allylic oxidation sites excluding steroid dienone is 4. The molecule has 1 aromatic carbocycles. The lowest BCUT2D eigenvalue weighted by molar-refractivity contribution is -0.278. The van der Waals surface area contributed by atoms with Crippen molar-refractivity contribution in [2.75, 3.05) is 7.11 Å². The molecule has 0 aliphatic heterocycles. The van der Waals surface area contributed by atoms with Crippen molar-refractivity contribution in [3.8, 4) is 0 Å². The summed E-state index contributed by atoms with van der Waals surface area (Å²) in [5, 5.41) is 8.84. The van der Waals surface area contributed by atoms with E-state index in [0.717, 1.165) is 25.5 Å². The van der Waals surface area contributed by atoms with Crippen molar-refractivity contribution in [2.24, 2.45) is 0 Å². The maximum absolute atomic E-state index is 13.7. The van der Waals surface area contributed by atoms with Gasteiger partial charge in [0.1, 0.15) is 0 Å². The van der Waals surface area contributed by atoms with E-state index in [2.05, 4.69) is 24.7 Å². The van der Waals surface area contributed by atoms with Crippen molar-refractivity contribution >= 4 is 5.97 Å². The van der Waals surface area contributed by atoms with Crippen LogP contribution in [0, 0.1) is 0 Å². The number of halogens is 3. The highest BCUT2D eigenvalue weighted by atomic mass is 19.4. The molecule has 0 spiro atoms. The fourth-order valence-electron chi connectivity index (χ4n) is 2.93. The van der Waals surface area contributed by atoms with Crippen LogP contribution in [0.2, 0.25) is 0 Å². The monoisotopic (exact) mass is 472 g/mol. The molecular formula is C26H39F3O4. The molecule has 0 amide bonds. The molecule has 0 aliphatic carbocycles. The van der Waals surface area contributed by atoms with Crippen molar-refractivity contribution in [1.29, 1.82) is 0 Å². The van der Waals surface area contributed by atoms with Crippen LogP contribution in [0.25, 0.3) is 0 Å². The van der Waals surface area contributed by atoms with Crippen LogP contribution in [0.15, 0.2) is 53.6 Å². The summed E-state index contributed by atoms with van der Waals surface area (Å²) in [6, 6.07) is 6.80. The van der Waals surface area contributed by atoms with Gasteiger partial charge < -0.3 is 14.6 Å². The lowest BCUT2D eigenvalue weighted by atomic mass is 9.92. The first kappa shape index (κ1) is 30.9. The molecule has 7 heteroatoms. The molecule has 0 radical (unpaired) electrons. The zero-order valence-corrected chi connectivity index (χ0v) is 20.8. The van der Waals surface area contributed by atoms with E-state index < -0.39 is 23.9 Å². The van der Waals surface area contributed by atoms with Crippen LogP contribution in [0.3, 0.4) is 0 Å². The van der Waals surface area contributed by atoms with Crippen LogP contribution in [0.1, 0.15) is 72.8 Å². The van der Waals surface area contributed by atoms with Gasteiger partial charge in [-0.05, 0) is 67.2 Å². The highest BCUT2D eigenvalue weighted by Gasteiger charge is 2.64. The molecule has 0 fully saturated rings. The number of esters is 1. The van der Waals surface area contributed by atoms with Crippen LogP contribution in [-0.2, 0) is 19.9 Å². The lowest BCUT2D eigenvalue weighted by Crippen LogP contribution is -2.52. The number of hydrogen-bond donors (Lipinski definition) is 1. The minimum atomic E-state index is -4.94. The highest BCUT2D eigenvalue weighted by molar-refractivity contribution is 5.82. The second kappa shape index (κ2) is 14.9. The first-order valence-corrected chi connectivity index (χ1v) is 11.1. The average Bonchev–Trinajstić information content (AvgIpc) is 2.68. The van der Waals surface area contributed by atoms with Crippen LogP contribution >= 0.6 is 0 Å². The van der Waals surface area contributed by atoms with Crippen LogP contribution in [-0.4, -0.2) is 36.6 Å². The summed E-state index contributed by atoms with van der Waals surface area (Å²) in [7, 11) is 0.857. The molecule has 188 valence electrons. The van der Waals surface area contributed by atoms with Gasteiger partial charge in [0, 0.05) is 12.7 Å². The van der Waals surface area contributed by atoms with Gasteiger partial charge in [-0.2, -0.15) is 13.2 Å². The molecule has 0 bridgehead atoms. The van der Waals surface area contributed by atoms with Gasteiger partial charge in [-0.1, -0.05) is 53.6 Å².